The third-order valence-electron chi connectivity index (χ3n) is 3.35. The Balaban J connectivity index is 0.000000621. The lowest BCUT2D eigenvalue weighted by molar-refractivity contribution is -0.122. The molecule has 1 fully saturated rings. The molecule has 1 aliphatic heterocycles. The van der Waals surface area contributed by atoms with Crippen LogP contribution < -0.4 is 5.32 Å². The second kappa shape index (κ2) is 10.8. The molecule has 0 saturated carbocycles. The molecule has 1 aliphatic rings. The van der Waals surface area contributed by atoms with Crippen LogP contribution in [0.4, 0.5) is 0 Å². The smallest absolute Gasteiger partial charge is 0.220 e. The van der Waals surface area contributed by atoms with E-state index in [1.807, 2.05) is 27.7 Å². The molecular formula is C16H32N2O2. The van der Waals surface area contributed by atoms with Crippen LogP contribution in [0.1, 0.15) is 53.9 Å². The highest BCUT2D eigenvalue weighted by atomic mass is 16.1. The lowest BCUT2D eigenvalue weighted by atomic mass is 9.93. The maximum atomic E-state index is 11.5. The van der Waals surface area contributed by atoms with Crippen LogP contribution in [0.3, 0.4) is 0 Å². The normalized spacial score (nSPS) is 16.8. The van der Waals surface area contributed by atoms with Gasteiger partial charge in [-0.3, -0.25) is 4.79 Å². The summed E-state index contributed by atoms with van der Waals surface area (Å²) in [6, 6.07) is 0.272. The molecule has 118 valence electrons. The van der Waals surface area contributed by atoms with Gasteiger partial charge in [0.15, 0.2) is 0 Å². The van der Waals surface area contributed by atoms with Gasteiger partial charge in [-0.1, -0.05) is 20.8 Å². The van der Waals surface area contributed by atoms with Crippen molar-refractivity contribution in [2.75, 3.05) is 19.6 Å². The van der Waals surface area contributed by atoms with Gasteiger partial charge in [-0.25, -0.2) is 0 Å². The Morgan fingerprint density at radius 3 is 2.10 bits per heavy atom. The zero-order valence-electron chi connectivity index (χ0n) is 13.8. The summed E-state index contributed by atoms with van der Waals surface area (Å²) >= 11 is 0. The highest BCUT2D eigenvalue weighted by molar-refractivity contribution is 5.76. The predicted octanol–water partition coefficient (Wildman–Crippen LogP) is 2.47. The van der Waals surface area contributed by atoms with E-state index in [1.54, 1.807) is 0 Å². The summed E-state index contributed by atoms with van der Waals surface area (Å²) in [6.07, 6.45) is 3.99. The molecule has 0 aliphatic carbocycles. The Labute approximate surface area is 124 Å². The summed E-state index contributed by atoms with van der Waals surface area (Å²) in [5, 5.41) is 2.96. The third kappa shape index (κ3) is 9.96. The first-order valence-corrected chi connectivity index (χ1v) is 7.86. The Bertz CT molecular complexity index is 270. The number of aldehydes is 1. The molecule has 1 rings (SSSR count). The molecule has 1 saturated heterocycles. The molecule has 0 aromatic heterocycles. The number of likely N-dealkylation sites (tertiary alicyclic amines) is 1. The van der Waals surface area contributed by atoms with Gasteiger partial charge in [-0.15, -0.1) is 0 Å². The van der Waals surface area contributed by atoms with Crippen LogP contribution >= 0.6 is 0 Å². The monoisotopic (exact) mass is 284 g/mol. The molecule has 0 spiro atoms. The van der Waals surface area contributed by atoms with Crippen LogP contribution in [0, 0.1) is 11.8 Å². The predicted molar refractivity (Wildman–Crippen MR) is 83.6 cm³/mol. The van der Waals surface area contributed by atoms with Crippen molar-refractivity contribution in [2.45, 2.75) is 59.9 Å². The summed E-state index contributed by atoms with van der Waals surface area (Å²) in [6.45, 7) is 13.4. The van der Waals surface area contributed by atoms with Crippen LogP contribution in [0.25, 0.3) is 0 Å². The lowest BCUT2D eigenvalue weighted by Crippen LogP contribution is -2.37. The lowest BCUT2D eigenvalue weighted by Gasteiger charge is -2.30. The van der Waals surface area contributed by atoms with Crippen molar-refractivity contribution in [3.05, 3.63) is 0 Å². The van der Waals surface area contributed by atoms with E-state index in [2.05, 4.69) is 17.1 Å². The van der Waals surface area contributed by atoms with E-state index in [-0.39, 0.29) is 17.9 Å². The Hall–Kier alpha value is -0.900. The standard InChI is InChI=1S/C12H24N2O.C4H8O/c1-4-14-7-5-11(6-8-14)9-12(15)13-10(2)3;1-4(2)3-5/h10-11H,4-9H2,1-3H3,(H,13,15);3-4H,1-2H3. The van der Waals surface area contributed by atoms with Gasteiger partial charge in [-0.2, -0.15) is 0 Å². The topological polar surface area (TPSA) is 49.4 Å². The molecule has 0 atom stereocenters. The van der Waals surface area contributed by atoms with Crippen LogP contribution in [-0.2, 0) is 9.59 Å². The molecule has 0 aromatic rings. The summed E-state index contributed by atoms with van der Waals surface area (Å²) in [4.78, 5) is 23.5. The average Bonchev–Trinajstić information content (AvgIpc) is 2.39. The quantitative estimate of drug-likeness (QED) is 0.789. The molecule has 0 aromatic carbocycles. The second-order valence-corrected chi connectivity index (χ2v) is 6.18. The second-order valence-electron chi connectivity index (χ2n) is 6.18. The molecule has 4 nitrogen and oxygen atoms in total. The fraction of sp³-hybridized carbons (Fsp3) is 0.875. The van der Waals surface area contributed by atoms with Crippen LogP contribution in [0.15, 0.2) is 0 Å². The number of rotatable bonds is 5. The number of nitrogens with one attached hydrogen (secondary N) is 1. The van der Waals surface area contributed by atoms with Crippen molar-refractivity contribution >= 4 is 12.2 Å². The molecule has 1 heterocycles. The fourth-order valence-corrected chi connectivity index (χ4v) is 2.15. The first kappa shape index (κ1) is 19.1. The highest BCUT2D eigenvalue weighted by Crippen LogP contribution is 2.19. The van der Waals surface area contributed by atoms with Gasteiger partial charge in [0.05, 0.1) is 0 Å². The van der Waals surface area contributed by atoms with Crippen molar-refractivity contribution < 1.29 is 9.59 Å². The van der Waals surface area contributed by atoms with E-state index in [0.717, 1.165) is 32.3 Å². The summed E-state index contributed by atoms with van der Waals surface area (Å²) < 4.78 is 0. The minimum absolute atomic E-state index is 0.204. The molecule has 1 amide bonds. The first-order chi connectivity index (χ1) is 9.38. The summed E-state index contributed by atoms with van der Waals surface area (Å²) in [5.41, 5.74) is 0. The number of carbonyl (C=O) groups excluding carboxylic acids is 2. The van der Waals surface area contributed by atoms with Crippen molar-refractivity contribution in [1.29, 1.82) is 0 Å². The van der Waals surface area contributed by atoms with Crippen molar-refractivity contribution in [3.63, 3.8) is 0 Å². The Morgan fingerprint density at radius 1 is 1.25 bits per heavy atom. The maximum Gasteiger partial charge on any atom is 0.220 e. The van der Waals surface area contributed by atoms with Gasteiger partial charge in [-0.05, 0) is 52.2 Å². The number of carbonyl (C=O) groups is 2. The van der Waals surface area contributed by atoms with E-state index >= 15 is 0 Å². The van der Waals surface area contributed by atoms with E-state index in [1.165, 1.54) is 12.8 Å². The highest BCUT2D eigenvalue weighted by Gasteiger charge is 2.20. The van der Waals surface area contributed by atoms with E-state index in [9.17, 15) is 9.59 Å². The van der Waals surface area contributed by atoms with E-state index in [4.69, 9.17) is 0 Å². The fourth-order valence-electron chi connectivity index (χ4n) is 2.15. The van der Waals surface area contributed by atoms with Crippen LogP contribution in [0.2, 0.25) is 0 Å². The largest absolute Gasteiger partial charge is 0.354 e. The van der Waals surface area contributed by atoms with E-state index in [0.29, 0.717) is 5.92 Å². The van der Waals surface area contributed by atoms with Gasteiger partial charge in [0.25, 0.3) is 0 Å². The van der Waals surface area contributed by atoms with Gasteiger partial charge in [0.2, 0.25) is 5.91 Å². The van der Waals surface area contributed by atoms with Crippen molar-refractivity contribution in [2.24, 2.45) is 11.8 Å². The third-order valence-corrected chi connectivity index (χ3v) is 3.35. The van der Waals surface area contributed by atoms with E-state index < -0.39 is 0 Å². The van der Waals surface area contributed by atoms with Gasteiger partial charge in [0, 0.05) is 18.4 Å². The molecule has 20 heavy (non-hydrogen) atoms. The zero-order valence-corrected chi connectivity index (χ0v) is 13.8. The van der Waals surface area contributed by atoms with Crippen molar-refractivity contribution in [1.82, 2.24) is 10.2 Å². The SMILES string of the molecule is CC(C)C=O.CCN1CCC(CC(=O)NC(C)C)CC1. The molecular weight excluding hydrogens is 252 g/mol. The minimum Gasteiger partial charge on any atom is -0.354 e. The number of hydrogen-bond acceptors (Lipinski definition) is 3. The molecule has 0 bridgehead atoms. The van der Waals surface area contributed by atoms with Crippen LogP contribution in [0.5, 0.6) is 0 Å². The number of nitrogens with zero attached hydrogens (tertiary/aromatic N) is 1. The summed E-state index contributed by atoms with van der Waals surface area (Å²) in [7, 11) is 0. The first-order valence-electron chi connectivity index (χ1n) is 7.86. The van der Waals surface area contributed by atoms with Crippen molar-refractivity contribution in [3.8, 4) is 0 Å². The number of hydrogen-bond donors (Lipinski definition) is 1. The molecule has 0 radical (unpaired) electrons. The molecule has 1 N–H and O–H groups in total. The van der Waals surface area contributed by atoms with Gasteiger partial charge in [0.1, 0.15) is 6.29 Å². The molecule has 4 heteroatoms. The van der Waals surface area contributed by atoms with Gasteiger partial charge < -0.3 is 15.0 Å². The van der Waals surface area contributed by atoms with Gasteiger partial charge >= 0.3 is 0 Å². The minimum atomic E-state index is 0.204. The zero-order chi connectivity index (χ0) is 15.5. The number of amides is 1. The average molecular weight is 284 g/mol. The number of piperidine rings is 1. The Kier molecular flexibility index (Phi) is 10.3. The maximum absolute atomic E-state index is 11.5. The van der Waals surface area contributed by atoms with Crippen LogP contribution in [-0.4, -0.2) is 42.8 Å². The Morgan fingerprint density at radius 2 is 1.75 bits per heavy atom. The summed E-state index contributed by atoms with van der Waals surface area (Å²) in [5.74, 6) is 1.03. The molecule has 0 unspecified atom stereocenters.